The Labute approximate surface area is 148 Å². The Morgan fingerprint density at radius 1 is 1.28 bits per heavy atom. The van der Waals surface area contributed by atoms with E-state index in [4.69, 9.17) is 11.6 Å². The summed E-state index contributed by atoms with van der Waals surface area (Å²) < 4.78 is 14.8. The fourth-order valence-electron chi connectivity index (χ4n) is 3.23. The molecule has 2 N–H and O–H groups in total. The molecular formula is C18H14ClFN4O. The number of H-pyrrole nitrogens is 1. The van der Waals surface area contributed by atoms with Crippen LogP contribution < -0.4 is 5.32 Å². The minimum atomic E-state index is -0.523. The molecule has 0 aliphatic carbocycles. The number of halogens is 2. The predicted molar refractivity (Wildman–Crippen MR) is 93.1 cm³/mol. The van der Waals surface area contributed by atoms with Crippen LogP contribution in [0.3, 0.4) is 0 Å². The molecular weight excluding hydrogens is 343 g/mol. The molecule has 4 rings (SSSR count). The SMILES string of the molecule is Cc1ccc(Cl)c(C2CC(=O)Nc3n[nH]c(-c4cccnc4)c32)c1F. The number of carbonyl (C=O) groups excluding carboxylic acids is 1. The Bertz CT molecular complexity index is 971. The van der Waals surface area contributed by atoms with Crippen LogP contribution in [-0.2, 0) is 4.79 Å². The van der Waals surface area contributed by atoms with Crippen molar-refractivity contribution in [2.75, 3.05) is 5.32 Å². The number of aryl methyl sites for hydroxylation is 1. The third-order valence-corrected chi connectivity index (χ3v) is 4.75. The molecule has 0 radical (unpaired) electrons. The Hall–Kier alpha value is -2.73. The van der Waals surface area contributed by atoms with E-state index in [1.165, 1.54) is 0 Å². The number of fused-ring (bicyclic) bond motifs is 1. The number of pyridine rings is 1. The maximum absolute atomic E-state index is 14.8. The van der Waals surface area contributed by atoms with Gasteiger partial charge in [0, 0.05) is 46.4 Å². The third kappa shape index (κ3) is 2.59. The third-order valence-electron chi connectivity index (χ3n) is 4.42. The summed E-state index contributed by atoms with van der Waals surface area (Å²) >= 11 is 6.30. The number of aromatic amines is 1. The molecule has 5 nitrogen and oxygen atoms in total. The molecule has 1 aromatic carbocycles. The summed E-state index contributed by atoms with van der Waals surface area (Å²) in [5, 5.41) is 10.2. The Morgan fingerprint density at radius 2 is 2.12 bits per heavy atom. The molecule has 3 aromatic rings. The van der Waals surface area contributed by atoms with E-state index in [2.05, 4.69) is 20.5 Å². The highest BCUT2D eigenvalue weighted by atomic mass is 35.5. The lowest BCUT2D eigenvalue weighted by molar-refractivity contribution is -0.116. The van der Waals surface area contributed by atoms with Gasteiger partial charge in [-0.1, -0.05) is 17.7 Å². The number of aromatic nitrogens is 3. The van der Waals surface area contributed by atoms with Crippen LogP contribution in [-0.4, -0.2) is 21.1 Å². The van der Waals surface area contributed by atoms with Crippen LogP contribution in [0, 0.1) is 12.7 Å². The molecule has 126 valence electrons. The summed E-state index contributed by atoms with van der Waals surface area (Å²) in [6, 6.07) is 6.97. The van der Waals surface area contributed by atoms with Gasteiger partial charge in [-0.15, -0.1) is 0 Å². The standard InChI is InChI=1S/C18H14ClFN4O/c1-9-4-5-12(19)14(16(9)20)11-7-13(25)22-18-15(11)17(23-24-18)10-3-2-6-21-8-10/h2-6,8,11H,7H2,1H3,(H2,22,23,24,25). The summed E-state index contributed by atoms with van der Waals surface area (Å²) in [6.07, 6.45) is 3.46. The average Bonchev–Trinajstić information content (AvgIpc) is 3.03. The van der Waals surface area contributed by atoms with E-state index >= 15 is 0 Å². The van der Waals surface area contributed by atoms with Crippen molar-refractivity contribution < 1.29 is 9.18 Å². The van der Waals surface area contributed by atoms with Crippen molar-refractivity contribution in [3.63, 3.8) is 0 Å². The highest BCUT2D eigenvalue weighted by molar-refractivity contribution is 6.31. The zero-order valence-electron chi connectivity index (χ0n) is 13.3. The topological polar surface area (TPSA) is 70.7 Å². The van der Waals surface area contributed by atoms with Crippen LogP contribution in [0.5, 0.6) is 0 Å². The van der Waals surface area contributed by atoms with Crippen LogP contribution in [0.25, 0.3) is 11.3 Å². The number of benzene rings is 1. The van der Waals surface area contributed by atoms with Crippen LogP contribution in [0.4, 0.5) is 10.2 Å². The molecule has 0 saturated heterocycles. The zero-order chi connectivity index (χ0) is 17.6. The van der Waals surface area contributed by atoms with E-state index in [1.807, 2.05) is 6.07 Å². The van der Waals surface area contributed by atoms with Crippen molar-refractivity contribution in [2.45, 2.75) is 19.3 Å². The van der Waals surface area contributed by atoms with Crippen LogP contribution in [0.1, 0.15) is 29.0 Å². The van der Waals surface area contributed by atoms with Crippen molar-refractivity contribution in [3.8, 4) is 11.3 Å². The van der Waals surface area contributed by atoms with Gasteiger partial charge in [0.25, 0.3) is 0 Å². The molecule has 25 heavy (non-hydrogen) atoms. The second-order valence-electron chi connectivity index (χ2n) is 6.00. The number of amides is 1. The maximum Gasteiger partial charge on any atom is 0.226 e. The largest absolute Gasteiger partial charge is 0.309 e. The number of hydrogen-bond acceptors (Lipinski definition) is 3. The molecule has 3 heterocycles. The van der Waals surface area contributed by atoms with Crippen LogP contribution in [0.2, 0.25) is 5.02 Å². The predicted octanol–water partition coefficient (Wildman–Crippen LogP) is 4.05. The lowest BCUT2D eigenvalue weighted by Crippen LogP contribution is -2.24. The van der Waals surface area contributed by atoms with Crippen molar-refractivity contribution in [3.05, 3.63) is 64.2 Å². The minimum absolute atomic E-state index is 0.0971. The van der Waals surface area contributed by atoms with Crippen molar-refractivity contribution >= 4 is 23.3 Å². The summed E-state index contributed by atoms with van der Waals surface area (Å²) in [5.74, 6) is -0.739. The summed E-state index contributed by atoms with van der Waals surface area (Å²) in [5.41, 5.74) is 3.04. The Balaban J connectivity index is 1.95. The average molecular weight is 357 g/mol. The molecule has 0 saturated carbocycles. The number of hydrogen-bond donors (Lipinski definition) is 2. The second kappa shape index (κ2) is 5.97. The number of anilines is 1. The summed E-state index contributed by atoms with van der Waals surface area (Å²) in [4.78, 5) is 16.2. The summed E-state index contributed by atoms with van der Waals surface area (Å²) in [6.45, 7) is 1.68. The van der Waals surface area contributed by atoms with Crippen molar-refractivity contribution in [1.82, 2.24) is 15.2 Å². The van der Waals surface area contributed by atoms with Gasteiger partial charge < -0.3 is 5.32 Å². The van der Waals surface area contributed by atoms with Gasteiger partial charge in [0.05, 0.1) is 5.69 Å². The quantitative estimate of drug-likeness (QED) is 0.727. The van der Waals surface area contributed by atoms with E-state index in [0.29, 0.717) is 27.7 Å². The van der Waals surface area contributed by atoms with Gasteiger partial charge in [-0.3, -0.25) is 14.9 Å². The first-order valence-electron chi connectivity index (χ1n) is 7.79. The fraction of sp³-hybridized carbons (Fsp3) is 0.167. The second-order valence-corrected chi connectivity index (χ2v) is 6.41. The van der Waals surface area contributed by atoms with Crippen molar-refractivity contribution in [2.24, 2.45) is 0 Å². The van der Waals surface area contributed by atoms with Gasteiger partial charge in [0.2, 0.25) is 5.91 Å². The van der Waals surface area contributed by atoms with Gasteiger partial charge in [0.1, 0.15) is 5.82 Å². The maximum atomic E-state index is 14.8. The molecule has 1 atom stereocenters. The lowest BCUT2D eigenvalue weighted by Gasteiger charge is -2.25. The van der Waals surface area contributed by atoms with Crippen LogP contribution >= 0.6 is 11.6 Å². The van der Waals surface area contributed by atoms with Crippen LogP contribution in [0.15, 0.2) is 36.7 Å². The normalized spacial score (nSPS) is 16.4. The molecule has 0 fully saturated rings. The van der Waals surface area contributed by atoms with E-state index in [1.54, 1.807) is 37.5 Å². The van der Waals surface area contributed by atoms with E-state index in [-0.39, 0.29) is 12.3 Å². The highest BCUT2D eigenvalue weighted by Crippen LogP contribution is 2.44. The van der Waals surface area contributed by atoms with Gasteiger partial charge in [-0.25, -0.2) is 4.39 Å². The zero-order valence-corrected chi connectivity index (χ0v) is 14.1. The number of nitrogens with zero attached hydrogens (tertiary/aromatic N) is 2. The van der Waals surface area contributed by atoms with E-state index in [0.717, 1.165) is 11.1 Å². The molecule has 0 spiro atoms. The number of carbonyl (C=O) groups is 1. The molecule has 1 unspecified atom stereocenters. The monoisotopic (exact) mass is 356 g/mol. The van der Waals surface area contributed by atoms with Gasteiger partial charge in [0.15, 0.2) is 5.82 Å². The molecule has 1 amide bonds. The molecule has 2 aromatic heterocycles. The lowest BCUT2D eigenvalue weighted by atomic mass is 9.83. The Morgan fingerprint density at radius 3 is 2.88 bits per heavy atom. The van der Waals surface area contributed by atoms with Crippen molar-refractivity contribution in [1.29, 1.82) is 0 Å². The smallest absolute Gasteiger partial charge is 0.226 e. The van der Waals surface area contributed by atoms with Gasteiger partial charge in [-0.2, -0.15) is 5.10 Å². The Kier molecular flexibility index (Phi) is 3.77. The van der Waals surface area contributed by atoms with E-state index < -0.39 is 11.7 Å². The first-order valence-corrected chi connectivity index (χ1v) is 8.17. The highest BCUT2D eigenvalue weighted by Gasteiger charge is 2.35. The molecule has 1 aliphatic heterocycles. The minimum Gasteiger partial charge on any atom is -0.309 e. The number of rotatable bonds is 2. The van der Waals surface area contributed by atoms with Gasteiger partial charge >= 0.3 is 0 Å². The van der Waals surface area contributed by atoms with Gasteiger partial charge in [-0.05, 0) is 30.7 Å². The summed E-state index contributed by atoms with van der Waals surface area (Å²) in [7, 11) is 0. The molecule has 0 bridgehead atoms. The molecule has 1 aliphatic rings. The first kappa shape index (κ1) is 15.8. The van der Waals surface area contributed by atoms with E-state index in [9.17, 15) is 9.18 Å². The fourth-order valence-corrected chi connectivity index (χ4v) is 3.51. The molecule has 7 heteroatoms. The number of nitrogens with one attached hydrogen (secondary N) is 2. The first-order chi connectivity index (χ1) is 12.1.